The number of nitrogens with zero attached hydrogens (tertiary/aromatic N) is 1. The largest absolute Gasteiger partial charge is 0.493 e. The Kier molecular flexibility index (Phi) is 6.97. The number of rotatable bonds is 8. The minimum atomic E-state index is -0.211. The minimum absolute atomic E-state index is 0.211. The second-order valence-electron chi connectivity index (χ2n) is 5.41. The monoisotopic (exact) mass is 379 g/mol. The Morgan fingerprint density at radius 1 is 1.04 bits per heavy atom. The Bertz CT molecular complexity index is 766. The molecule has 0 unspecified atom stereocenters. The zero-order chi connectivity index (χ0) is 19.1. The molecule has 0 spiro atoms. The van der Waals surface area contributed by atoms with Gasteiger partial charge in [0.2, 0.25) is 5.75 Å². The maximum atomic E-state index is 12.8. The van der Waals surface area contributed by atoms with Gasteiger partial charge in [-0.25, -0.2) is 0 Å². The number of benzene rings is 2. The van der Waals surface area contributed by atoms with Crippen molar-refractivity contribution in [3.63, 3.8) is 0 Å². The van der Waals surface area contributed by atoms with E-state index in [9.17, 15) is 4.79 Å². The third-order valence-electron chi connectivity index (χ3n) is 3.77. The molecule has 6 nitrogen and oxygen atoms in total. The van der Waals surface area contributed by atoms with Gasteiger partial charge < -0.3 is 23.8 Å². The number of halogens is 1. The number of carbonyl (C=O) groups is 1. The number of likely N-dealkylation sites (N-methyl/N-ethyl adjacent to an activating group) is 1. The SMILES string of the molecule is COc1ccc(C(=O)N(C)CCOc2cccc(Cl)c2)c(OC)c1OC. The van der Waals surface area contributed by atoms with Crippen molar-refractivity contribution in [3.8, 4) is 23.0 Å². The molecule has 0 aliphatic rings. The third kappa shape index (κ3) is 4.52. The second kappa shape index (κ2) is 9.20. The van der Waals surface area contributed by atoms with Gasteiger partial charge >= 0.3 is 0 Å². The molecule has 0 heterocycles. The Balaban J connectivity index is 2.07. The summed E-state index contributed by atoms with van der Waals surface area (Å²) in [6, 6.07) is 10.4. The molecule has 0 fully saturated rings. The van der Waals surface area contributed by atoms with Crippen molar-refractivity contribution in [3.05, 3.63) is 47.0 Å². The lowest BCUT2D eigenvalue weighted by Gasteiger charge is -2.20. The van der Waals surface area contributed by atoms with Crippen molar-refractivity contribution in [1.82, 2.24) is 4.90 Å². The van der Waals surface area contributed by atoms with Crippen LogP contribution < -0.4 is 18.9 Å². The van der Waals surface area contributed by atoms with E-state index in [1.165, 1.54) is 21.3 Å². The number of amides is 1. The summed E-state index contributed by atoms with van der Waals surface area (Å²) in [5.41, 5.74) is 0.385. The molecule has 0 radical (unpaired) electrons. The van der Waals surface area contributed by atoms with Crippen LogP contribution in [0.3, 0.4) is 0 Å². The fraction of sp³-hybridized carbons (Fsp3) is 0.316. The van der Waals surface area contributed by atoms with Crippen LogP contribution in [0.2, 0.25) is 5.02 Å². The molecule has 0 N–H and O–H groups in total. The zero-order valence-corrected chi connectivity index (χ0v) is 16.0. The van der Waals surface area contributed by atoms with E-state index in [1.807, 2.05) is 6.07 Å². The van der Waals surface area contributed by atoms with Gasteiger partial charge in [-0.1, -0.05) is 17.7 Å². The van der Waals surface area contributed by atoms with E-state index in [-0.39, 0.29) is 5.91 Å². The quantitative estimate of drug-likeness (QED) is 0.702. The van der Waals surface area contributed by atoms with Crippen LogP contribution in [0.25, 0.3) is 0 Å². The Morgan fingerprint density at radius 3 is 2.38 bits per heavy atom. The first-order valence-electron chi connectivity index (χ1n) is 7.94. The van der Waals surface area contributed by atoms with E-state index in [4.69, 9.17) is 30.5 Å². The highest BCUT2D eigenvalue weighted by Gasteiger charge is 2.22. The van der Waals surface area contributed by atoms with Crippen LogP contribution in [0.1, 0.15) is 10.4 Å². The summed E-state index contributed by atoms with van der Waals surface area (Å²) < 4.78 is 21.6. The lowest BCUT2D eigenvalue weighted by Crippen LogP contribution is -2.31. The molecule has 0 saturated heterocycles. The molecule has 2 rings (SSSR count). The van der Waals surface area contributed by atoms with Crippen LogP contribution in [0, 0.1) is 0 Å². The van der Waals surface area contributed by atoms with Gasteiger partial charge in [-0.3, -0.25) is 4.79 Å². The van der Waals surface area contributed by atoms with E-state index in [1.54, 1.807) is 42.3 Å². The molecule has 0 aromatic heterocycles. The van der Waals surface area contributed by atoms with E-state index >= 15 is 0 Å². The number of hydrogen-bond donors (Lipinski definition) is 0. The Hall–Kier alpha value is -2.60. The van der Waals surface area contributed by atoms with Gasteiger partial charge in [0.15, 0.2) is 11.5 Å². The molecule has 140 valence electrons. The molecule has 1 amide bonds. The lowest BCUT2D eigenvalue weighted by molar-refractivity contribution is 0.0769. The molecule has 2 aromatic carbocycles. The summed E-state index contributed by atoms with van der Waals surface area (Å²) in [4.78, 5) is 14.3. The smallest absolute Gasteiger partial charge is 0.257 e. The number of methoxy groups -OCH3 is 3. The summed E-state index contributed by atoms with van der Waals surface area (Å²) >= 11 is 5.92. The van der Waals surface area contributed by atoms with Crippen LogP contribution >= 0.6 is 11.6 Å². The number of hydrogen-bond acceptors (Lipinski definition) is 5. The van der Waals surface area contributed by atoms with Crippen LogP contribution in [-0.2, 0) is 0 Å². The predicted octanol–water partition coefficient (Wildman–Crippen LogP) is 3.52. The average molecular weight is 380 g/mol. The number of ether oxygens (including phenoxy) is 4. The first-order valence-corrected chi connectivity index (χ1v) is 8.32. The molecule has 2 aromatic rings. The predicted molar refractivity (Wildman–Crippen MR) is 100 cm³/mol. The minimum Gasteiger partial charge on any atom is -0.493 e. The van der Waals surface area contributed by atoms with Crippen molar-refractivity contribution in [2.75, 3.05) is 41.5 Å². The van der Waals surface area contributed by atoms with Gasteiger partial charge in [0, 0.05) is 12.1 Å². The van der Waals surface area contributed by atoms with Gasteiger partial charge in [0.05, 0.1) is 33.4 Å². The standard InChI is InChI=1S/C19H22ClNO5/c1-21(10-11-26-14-7-5-6-13(20)12-14)19(22)15-8-9-16(23-2)18(25-4)17(15)24-3/h5-9,12H,10-11H2,1-4H3. The third-order valence-corrected chi connectivity index (χ3v) is 4.01. The van der Waals surface area contributed by atoms with Gasteiger partial charge in [-0.2, -0.15) is 0 Å². The van der Waals surface area contributed by atoms with Crippen LogP contribution in [0.4, 0.5) is 0 Å². The van der Waals surface area contributed by atoms with Crippen molar-refractivity contribution in [1.29, 1.82) is 0 Å². The molecule has 0 aliphatic carbocycles. The van der Waals surface area contributed by atoms with Gasteiger partial charge in [-0.05, 0) is 30.3 Å². The molecule has 0 aliphatic heterocycles. The van der Waals surface area contributed by atoms with E-state index < -0.39 is 0 Å². The summed E-state index contributed by atoms with van der Waals surface area (Å²) in [6.45, 7) is 0.723. The summed E-state index contributed by atoms with van der Waals surface area (Å²) in [5.74, 6) is 1.65. The Labute approximate surface area is 158 Å². The molecule has 0 saturated carbocycles. The molecular formula is C19H22ClNO5. The Morgan fingerprint density at radius 2 is 1.77 bits per heavy atom. The summed E-state index contributed by atoms with van der Waals surface area (Å²) in [7, 11) is 6.20. The molecule has 0 bridgehead atoms. The first-order chi connectivity index (χ1) is 12.5. The summed E-state index contributed by atoms with van der Waals surface area (Å²) in [6.07, 6.45) is 0. The second-order valence-corrected chi connectivity index (χ2v) is 5.85. The molecule has 7 heteroatoms. The van der Waals surface area contributed by atoms with Crippen LogP contribution in [0.5, 0.6) is 23.0 Å². The van der Waals surface area contributed by atoms with Crippen molar-refractivity contribution in [2.24, 2.45) is 0 Å². The summed E-state index contributed by atoms with van der Waals surface area (Å²) in [5, 5.41) is 0.599. The molecule has 26 heavy (non-hydrogen) atoms. The fourth-order valence-electron chi connectivity index (χ4n) is 2.43. The van der Waals surface area contributed by atoms with E-state index in [0.29, 0.717) is 46.7 Å². The lowest BCUT2D eigenvalue weighted by atomic mass is 10.1. The molecular weight excluding hydrogens is 358 g/mol. The number of carbonyl (C=O) groups excluding carboxylic acids is 1. The molecule has 0 atom stereocenters. The average Bonchev–Trinajstić information content (AvgIpc) is 2.65. The fourth-order valence-corrected chi connectivity index (χ4v) is 2.61. The topological polar surface area (TPSA) is 57.2 Å². The van der Waals surface area contributed by atoms with E-state index in [2.05, 4.69) is 0 Å². The highest BCUT2D eigenvalue weighted by molar-refractivity contribution is 6.30. The maximum Gasteiger partial charge on any atom is 0.257 e. The maximum absolute atomic E-state index is 12.8. The zero-order valence-electron chi connectivity index (χ0n) is 15.2. The van der Waals surface area contributed by atoms with Gasteiger partial charge in [0.25, 0.3) is 5.91 Å². The highest BCUT2D eigenvalue weighted by Crippen LogP contribution is 2.40. The van der Waals surface area contributed by atoms with E-state index in [0.717, 1.165) is 0 Å². The van der Waals surface area contributed by atoms with Crippen molar-refractivity contribution >= 4 is 17.5 Å². The van der Waals surface area contributed by atoms with Crippen molar-refractivity contribution in [2.45, 2.75) is 0 Å². The highest BCUT2D eigenvalue weighted by atomic mass is 35.5. The van der Waals surface area contributed by atoms with Crippen molar-refractivity contribution < 1.29 is 23.7 Å². The normalized spacial score (nSPS) is 10.2. The van der Waals surface area contributed by atoms with Crippen LogP contribution in [0.15, 0.2) is 36.4 Å². The first kappa shape index (κ1) is 19.7. The van der Waals surface area contributed by atoms with Gasteiger partial charge in [0.1, 0.15) is 12.4 Å². The van der Waals surface area contributed by atoms with Crippen LogP contribution in [-0.4, -0.2) is 52.3 Å². The van der Waals surface area contributed by atoms with Gasteiger partial charge in [-0.15, -0.1) is 0 Å².